The van der Waals surface area contributed by atoms with Crippen LogP contribution in [0.1, 0.15) is 13.3 Å². The number of nitrogens with two attached hydrogens (primary N) is 1. The second-order valence-corrected chi connectivity index (χ2v) is 16.2. The topological polar surface area (TPSA) is 499 Å². The number of carbonyl (C=O) groups is 2. The van der Waals surface area contributed by atoms with Gasteiger partial charge < -0.3 is 140 Å². The molecule has 378 valence electrons. The van der Waals surface area contributed by atoms with Gasteiger partial charge in [-0.1, -0.05) is 0 Å². The Bertz CT molecular complexity index is 1540. The Morgan fingerprint density at radius 2 is 1.12 bits per heavy atom. The van der Waals surface area contributed by atoms with E-state index >= 15 is 0 Å². The van der Waals surface area contributed by atoms with Gasteiger partial charge in [-0.15, -0.1) is 0 Å². The average Bonchev–Trinajstić information content (AvgIpc) is 3.27. The van der Waals surface area contributed by atoms with Crippen molar-refractivity contribution >= 4 is 11.9 Å². The number of carboxylic acid groups (broad SMARTS) is 1. The zero-order chi connectivity index (χ0) is 48.4. The number of rotatable bonds is 17. The molecule has 0 radical (unpaired) electrons. The van der Waals surface area contributed by atoms with Gasteiger partial charge in [0.15, 0.2) is 25.2 Å². The smallest absolute Gasteiger partial charge is 0.364 e. The van der Waals surface area contributed by atoms with Crippen LogP contribution in [-0.4, -0.2) is 291 Å². The van der Waals surface area contributed by atoms with Crippen molar-refractivity contribution in [1.82, 2.24) is 5.32 Å². The number of amides is 1. The minimum atomic E-state index is -3.11. The quantitative estimate of drug-likeness (QED) is 0.0643. The van der Waals surface area contributed by atoms with Crippen LogP contribution in [0.3, 0.4) is 0 Å². The van der Waals surface area contributed by atoms with Gasteiger partial charge in [0, 0.05) is 13.3 Å². The van der Waals surface area contributed by atoms with E-state index in [2.05, 4.69) is 5.32 Å². The van der Waals surface area contributed by atoms with Crippen molar-refractivity contribution < 1.29 is 139 Å². The Labute approximate surface area is 367 Å². The molecule has 26 atom stereocenters. The number of carbonyl (C=O) groups excluding carboxylic acids is 1. The van der Waals surface area contributed by atoms with Crippen molar-refractivity contribution in [3.8, 4) is 0 Å². The summed E-state index contributed by atoms with van der Waals surface area (Å²) in [6.45, 7) is -4.14. The number of hydrogen-bond acceptors (Lipinski definition) is 28. The maximum atomic E-state index is 12.8. The summed E-state index contributed by atoms with van der Waals surface area (Å²) in [6.07, 6.45) is -46.7. The Balaban J connectivity index is 1.44. The maximum Gasteiger partial charge on any atom is 0.364 e. The summed E-state index contributed by atoms with van der Waals surface area (Å²) < 4.78 is 50.5. The lowest BCUT2D eigenvalue weighted by Gasteiger charge is -2.51. The molecule has 5 saturated heterocycles. The van der Waals surface area contributed by atoms with Crippen molar-refractivity contribution in [3.05, 3.63) is 0 Å². The molecule has 5 rings (SSSR count). The van der Waals surface area contributed by atoms with Crippen LogP contribution in [0.5, 0.6) is 0 Å². The van der Waals surface area contributed by atoms with Crippen LogP contribution in [0.25, 0.3) is 0 Å². The molecule has 0 spiro atoms. The van der Waals surface area contributed by atoms with E-state index in [1.165, 1.54) is 0 Å². The van der Waals surface area contributed by atoms with Crippen molar-refractivity contribution in [2.24, 2.45) is 5.73 Å². The lowest BCUT2D eigenvalue weighted by atomic mass is 9.88. The largest absolute Gasteiger partial charge is 0.477 e. The lowest BCUT2D eigenvalue weighted by molar-refractivity contribution is -0.388. The van der Waals surface area contributed by atoms with Crippen molar-refractivity contribution in [2.45, 2.75) is 172 Å². The van der Waals surface area contributed by atoms with Gasteiger partial charge in [-0.05, 0) is 0 Å². The first-order chi connectivity index (χ1) is 30.6. The molecule has 20 N–H and O–H groups in total. The first-order valence-corrected chi connectivity index (χ1v) is 20.3. The number of carboxylic acids is 1. The summed E-state index contributed by atoms with van der Waals surface area (Å²) in [5.74, 6) is -6.03. The number of aliphatic hydroxyl groups is 16. The molecule has 1 amide bonds. The van der Waals surface area contributed by atoms with Gasteiger partial charge >= 0.3 is 5.97 Å². The third-order valence-electron chi connectivity index (χ3n) is 11.8. The monoisotopic (exact) mass is 956 g/mol. The number of ether oxygens (including phenoxy) is 9. The number of aliphatic carboxylic acids is 1. The fourth-order valence-electron chi connectivity index (χ4n) is 8.15. The second kappa shape index (κ2) is 22.5. The molecule has 30 heteroatoms. The summed E-state index contributed by atoms with van der Waals surface area (Å²) in [7, 11) is 0. The molecular formula is C35H60N2O28. The van der Waals surface area contributed by atoms with E-state index in [-0.39, 0.29) is 0 Å². The molecule has 0 unspecified atom stereocenters. The third-order valence-corrected chi connectivity index (χ3v) is 11.8. The fourth-order valence-corrected chi connectivity index (χ4v) is 8.15. The number of hydrogen-bond donors (Lipinski definition) is 19. The molecule has 65 heavy (non-hydrogen) atoms. The molecule has 0 aromatic rings. The maximum absolute atomic E-state index is 12.8. The molecular weight excluding hydrogens is 896 g/mol. The van der Waals surface area contributed by atoms with E-state index in [4.69, 9.17) is 48.4 Å². The highest BCUT2D eigenvalue weighted by atomic mass is 16.8. The van der Waals surface area contributed by atoms with E-state index in [0.717, 1.165) is 6.92 Å². The summed E-state index contributed by atoms with van der Waals surface area (Å²) in [5, 5.41) is 181. The van der Waals surface area contributed by atoms with E-state index in [1.54, 1.807) is 0 Å². The Hall–Kier alpha value is -2.10. The van der Waals surface area contributed by atoms with Gasteiger partial charge in [0.05, 0.1) is 45.2 Å². The SMILES string of the molecule is CC(=O)N[C@H]1[C@H](O[C@H]2[C@@H](O)[C@@H](CO)O[C@@H](O[C@H]3[C@@H](O)[C@@H](O)[C@H](O)O[C@@H]3CO)[C@@H]2O)O[C@H](CO)[C@@H](O)[C@@H]1O[C@@H]1O[C@H](CO)[C@H](O)[C@H](O[C@]2(C(=O)O)C[C@H](O)[C@@H](N)[C@H]([C@H](O)[C@H](O)CO)O2)[C@H]1O. The van der Waals surface area contributed by atoms with E-state index in [1.807, 2.05) is 0 Å². The summed E-state index contributed by atoms with van der Waals surface area (Å²) in [4.78, 5) is 25.5. The van der Waals surface area contributed by atoms with E-state index in [9.17, 15) is 96.4 Å². The van der Waals surface area contributed by atoms with Crippen LogP contribution in [0.2, 0.25) is 0 Å². The lowest BCUT2D eigenvalue weighted by Crippen LogP contribution is -2.71. The van der Waals surface area contributed by atoms with Crippen LogP contribution in [0, 0.1) is 0 Å². The Morgan fingerprint density at radius 1 is 0.646 bits per heavy atom. The molecule has 5 aliphatic heterocycles. The molecule has 30 nitrogen and oxygen atoms in total. The van der Waals surface area contributed by atoms with Crippen LogP contribution in [-0.2, 0) is 52.2 Å². The highest BCUT2D eigenvalue weighted by molar-refractivity contribution is 5.76. The van der Waals surface area contributed by atoms with Crippen LogP contribution < -0.4 is 11.1 Å². The predicted octanol–water partition coefficient (Wildman–Crippen LogP) is -12.6. The first-order valence-electron chi connectivity index (χ1n) is 20.3. The Morgan fingerprint density at radius 3 is 1.63 bits per heavy atom. The van der Waals surface area contributed by atoms with Crippen molar-refractivity contribution in [3.63, 3.8) is 0 Å². The van der Waals surface area contributed by atoms with Crippen LogP contribution in [0.15, 0.2) is 0 Å². The van der Waals surface area contributed by atoms with Gasteiger partial charge in [0.2, 0.25) is 5.91 Å². The highest BCUT2D eigenvalue weighted by Gasteiger charge is 2.60. The van der Waals surface area contributed by atoms with Gasteiger partial charge in [-0.2, -0.15) is 0 Å². The minimum absolute atomic E-state index is 0.896. The molecule has 5 heterocycles. The van der Waals surface area contributed by atoms with Gasteiger partial charge in [0.1, 0.15) is 116 Å². The molecule has 0 aromatic carbocycles. The Kier molecular flexibility index (Phi) is 18.7. The van der Waals surface area contributed by atoms with Crippen LogP contribution >= 0.6 is 0 Å². The van der Waals surface area contributed by atoms with Crippen molar-refractivity contribution in [1.29, 1.82) is 0 Å². The molecule has 0 aliphatic carbocycles. The standard InChI is InChI=1S/C35H60N2O28/c1-8(43)37-16-27(62-33-24(53)29(20(49)13(6-41)60-33)65-35(34(55)56)2-9(44)15(36)26(64-35)17(46)10(45)3-38)18(47)11(4-39)58-31(16)63-28-19(48)12(5-40)59-32(23(28)52)61-25-14(7-42)57-30(54)22(51)21(25)50/h9-33,38-42,44-54H,2-7,36H2,1H3,(H,37,43)(H,55,56)/t9-,10+,11+,12+,13+,14+,15+,16+,17+,18+,19-,20-,21-,22+,23+,24+,25+,26+,27+,28-,29-,30+,31-,32-,33-,35-/m0/s1. The van der Waals surface area contributed by atoms with Crippen molar-refractivity contribution in [2.75, 3.05) is 33.0 Å². The van der Waals surface area contributed by atoms with E-state index in [0.29, 0.717) is 0 Å². The minimum Gasteiger partial charge on any atom is -0.477 e. The normalized spacial score (nSPS) is 48.3. The molecule has 0 saturated carbocycles. The summed E-state index contributed by atoms with van der Waals surface area (Å²) in [5.41, 5.74) is 5.92. The van der Waals surface area contributed by atoms with Crippen LogP contribution in [0.4, 0.5) is 0 Å². The molecule has 5 aliphatic rings. The molecule has 0 aromatic heterocycles. The first kappa shape index (κ1) is 53.8. The zero-order valence-electron chi connectivity index (χ0n) is 34.3. The zero-order valence-corrected chi connectivity index (χ0v) is 34.3. The highest BCUT2D eigenvalue weighted by Crippen LogP contribution is 2.39. The average molecular weight is 957 g/mol. The van der Waals surface area contributed by atoms with E-state index < -0.39 is 210 Å². The van der Waals surface area contributed by atoms with Gasteiger partial charge in [0.25, 0.3) is 5.79 Å². The summed E-state index contributed by atoms with van der Waals surface area (Å²) >= 11 is 0. The fraction of sp³-hybridized carbons (Fsp3) is 0.943. The van der Waals surface area contributed by atoms with Gasteiger partial charge in [-0.3, -0.25) is 4.79 Å². The predicted molar refractivity (Wildman–Crippen MR) is 197 cm³/mol. The molecule has 5 fully saturated rings. The summed E-state index contributed by atoms with van der Waals surface area (Å²) in [6, 6.07) is -3.43. The second-order valence-electron chi connectivity index (χ2n) is 16.2. The number of aliphatic hydroxyl groups excluding tert-OH is 16. The number of nitrogens with one attached hydrogen (secondary N) is 1. The van der Waals surface area contributed by atoms with Gasteiger partial charge in [-0.25, -0.2) is 4.79 Å². The molecule has 0 bridgehead atoms. The third kappa shape index (κ3) is 11.2.